The molecule has 2 atom stereocenters. The normalized spacial score (nSPS) is 27.3. The summed E-state index contributed by atoms with van der Waals surface area (Å²) in [5.74, 6) is 0.134. The Hall–Kier alpha value is -1.17. The number of likely N-dealkylation sites (N-methyl/N-ethyl adjacent to an activating group) is 1. The fourth-order valence-electron chi connectivity index (χ4n) is 3.10. The van der Waals surface area contributed by atoms with Crippen LogP contribution in [0.2, 0.25) is 0 Å². The molecule has 1 aromatic carbocycles. The lowest BCUT2D eigenvalue weighted by molar-refractivity contribution is -0.137. The number of halogens is 3. The Morgan fingerprint density at radius 3 is 2.68 bits per heavy atom. The van der Waals surface area contributed by atoms with Gasteiger partial charge in [-0.25, -0.2) is 0 Å². The molecule has 1 saturated carbocycles. The van der Waals surface area contributed by atoms with Gasteiger partial charge < -0.3 is 14.5 Å². The molecular formula is C17H19Cl3N2O3. The molecule has 0 radical (unpaired) electrons. The summed E-state index contributed by atoms with van der Waals surface area (Å²) >= 11 is 18.2. The lowest BCUT2D eigenvalue weighted by Gasteiger charge is -2.26. The van der Waals surface area contributed by atoms with Crippen LogP contribution in [-0.2, 0) is 9.59 Å². The van der Waals surface area contributed by atoms with Gasteiger partial charge in [0.2, 0.25) is 11.8 Å². The van der Waals surface area contributed by atoms with Crippen LogP contribution in [0.15, 0.2) is 24.3 Å². The molecule has 136 valence electrons. The highest BCUT2D eigenvalue weighted by Gasteiger charge is 2.72. The third-order valence-electron chi connectivity index (χ3n) is 4.66. The lowest BCUT2D eigenvalue weighted by atomic mass is 10.2. The van der Waals surface area contributed by atoms with Crippen LogP contribution in [0.4, 0.5) is 5.69 Å². The standard InChI is InChI=1S/C17H19Cl3N2O3/c1-3-25-12-6-4-5-11(9-12)22-8-7-13(14(22)23)21(2)15(24)16(18)10-17(16,19)20/h4-6,9,13H,3,7-8,10H2,1-2H3. The number of hydrogen-bond acceptors (Lipinski definition) is 3. The van der Waals surface area contributed by atoms with Crippen molar-refractivity contribution in [1.29, 1.82) is 0 Å². The van der Waals surface area contributed by atoms with E-state index in [1.54, 1.807) is 11.9 Å². The van der Waals surface area contributed by atoms with E-state index in [0.717, 1.165) is 5.69 Å². The molecule has 1 aromatic rings. The maximum atomic E-state index is 12.8. The summed E-state index contributed by atoms with van der Waals surface area (Å²) < 4.78 is 4.21. The van der Waals surface area contributed by atoms with Crippen LogP contribution in [0, 0.1) is 0 Å². The van der Waals surface area contributed by atoms with E-state index in [9.17, 15) is 9.59 Å². The van der Waals surface area contributed by atoms with Crippen LogP contribution >= 0.6 is 34.8 Å². The molecule has 0 spiro atoms. The summed E-state index contributed by atoms with van der Waals surface area (Å²) in [7, 11) is 1.57. The minimum absolute atomic E-state index is 0.153. The van der Waals surface area contributed by atoms with E-state index in [1.807, 2.05) is 31.2 Å². The van der Waals surface area contributed by atoms with Gasteiger partial charge in [0.05, 0.1) is 6.61 Å². The fraction of sp³-hybridized carbons (Fsp3) is 0.529. The predicted octanol–water partition coefficient (Wildman–Crippen LogP) is 3.20. The third kappa shape index (κ3) is 3.18. The number of rotatable bonds is 5. The Morgan fingerprint density at radius 2 is 2.08 bits per heavy atom. The SMILES string of the molecule is CCOc1cccc(N2CCC(N(C)C(=O)C3(Cl)CC3(Cl)Cl)C2=O)c1. The minimum Gasteiger partial charge on any atom is -0.494 e. The van der Waals surface area contributed by atoms with Crippen molar-refractivity contribution in [2.45, 2.75) is 35.0 Å². The molecule has 0 aromatic heterocycles. The number of hydrogen-bond donors (Lipinski definition) is 0. The predicted molar refractivity (Wildman–Crippen MR) is 98.8 cm³/mol. The van der Waals surface area contributed by atoms with Crippen molar-refractivity contribution in [3.63, 3.8) is 0 Å². The van der Waals surface area contributed by atoms with Gasteiger partial charge in [0.1, 0.15) is 16.1 Å². The summed E-state index contributed by atoms with van der Waals surface area (Å²) in [6, 6.07) is 6.76. The molecule has 0 bridgehead atoms. The van der Waals surface area contributed by atoms with Gasteiger partial charge >= 0.3 is 0 Å². The lowest BCUT2D eigenvalue weighted by Crippen LogP contribution is -2.47. The maximum Gasteiger partial charge on any atom is 0.249 e. The van der Waals surface area contributed by atoms with Gasteiger partial charge in [0.15, 0.2) is 4.87 Å². The number of carbonyl (C=O) groups excluding carboxylic acids is 2. The molecule has 25 heavy (non-hydrogen) atoms. The number of benzene rings is 1. The first-order valence-electron chi connectivity index (χ1n) is 8.09. The molecule has 1 heterocycles. The monoisotopic (exact) mass is 404 g/mol. The van der Waals surface area contributed by atoms with Crippen LogP contribution in [0.5, 0.6) is 5.75 Å². The average Bonchev–Trinajstić information content (AvgIpc) is 2.90. The summed E-state index contributed by atoms with van der Waals surface area (Å²) in [5.41, 5.74) is 0.746. The molecule has 2 amide bonds. The van der Waals surface area contributed by atoms with Crippen molar-refractivity contribution in [3.05, 3.63) is 24.3 Å². The van der Waals surface area contributed by atoms with Gasteiger partial charge in [-0.1, -0.05) is 29.3 Å². The molecule has 8 heteroatoms. The average molecular weight is 406 g/mol. The molecule has 5 nitrogen and oxygen atoms in total. The number of amides is 2. The first-order valence-corrected chi connectivity index (χ1v) is 9.23. The second kappa shape index (κ2) is 6.53. The number of carbonyl (C=O) groups is 2. The third-order valence-corrected chi connectivity index (χ3v) is 6.39. The minimum atomic E-state index is -1.34. The van der Waals surface area contributed by atoms with Crippen molar-refractivity contribution in [2.24, 2.45) is 0 Å². The zero-order valence-electron chi connectivity index (χ0n) is 14.0. The fourth-order valence-corrected chi connectivity index (χ4v) is 4.14. The highest BCUT2D eigenvalue weighted by Crippen LogP contribution is 2.62. The van der Waals surface area contributed by atoms with E-state index in [-0.39, 0.29) is 12.3 Å². The highest BCUT2D eigenvalue weighted by atomic mass is 35.5. The Kier molecular flexibility index (Phi) is 4.86. The molecule has 2 unspecified atom stereocenters. The van der Waals surface area contributed by atoms with E-state index in [1.165, 1.54) is 4.90 Å². The second-order valence-corrected chi connectivity index (χ2v) is 8.45. The first-order chi connectivity index (χ1) is 11.7. The van der Waals surface area contributed by atoms with Gasteiger partial charge in [0, 0.05) is 31.8 Å². The molecule has 3 rings (SSSR count). The van der Waals surface area contributed by atoms with Gasteiger partial charge in [-0.15, -0.1) is 11.6 Å². The Balaban J connectivity index is 1.74. The Morgan fingerprint density at radius 1 is 1.40 bits per heavy atom. The topological polar surface area (TPSA) is 49.9 Å². The smallest absolute Gasteiger partial charge is 0.249 e. The number of alkyl halides is 3. The zero-order chi connectivity index (χ0) is 18.4. The zero-order valence-corrected chi connectivity index (χ0v) is 16.2. The number of anilines is 1. The van der Waals surface area contributed by atoms with Crippen molar-refractivity contribution >= 4 is 52.3 Å². The number of nitrogens with zero attached hydrogens (tertiary/aromatic N) is 2. The molecule has 1 aliphatic heterocycles. The van der Waals surface area contributed by atoms with Crippen molar-refractivity contribution in [3.8, 4) is 5.75 Å². The van der Waals surface area contributed by atoms with Crippen molar-refractivity contribution < 1.29 is 14.3 Å². The quantitative estimate of drug-likeness (QED) is 0.707. The van der Waals surface area contributed by atoms with E-state index >= 15 is 0 Å². The van der Waals surface area contributed by atoms with E-state index in [2.05, 4.69) is 0 Å². The second-order valence-electron chi connectivity index (χ2n) is 6.32. The van der Waals surface area contributed by atoms with E-state index < -0.39 is 21.2 Å². The van der Waals surface area contributed by atoms with Crippen molar-refractivity contribution in [1.82, 2.24) is 4.90 Å². The van der Waals surface area contributed by atoms with Gasteiger partial charge in [-0.2, -0.15) is 0 Å². The van der Waals surface area contributed by atoms with Crippen molar-refractivity contribution in [2.75, 3.05) is 25.1 Å². The molecule has 0 N–H and O–H groups in total. The molecule has 1 saturated heterocycles. The molecule has 1 aliphatic carbocycles. The highest BCUT2D eigenvalue weighted by molar-refractivity contribution is 6.62. The van der Waals surface area contributed by atoms with Crippen LogP contribution in [-0.4, -0.2) is 52.2 Å². The van der Waals surface area contributed by atoms with Crippen LogP contribution < -0.4 is 9.64 Å². The molecule has 2 fully saturated rings. The summed E-state index contributed by atoms with van der Waals surface area (Å²) in [5, 5.41) is 0. The van der Waals surface area contributed by atoms with Gasteiger partial charge in [-0.3, -0.25) is 9.59 Å². The molecular weight excluding hydrogens is 387 g/mol. The summed E-state index contributed by atoms with van der Waals surface area (Å²) in [6.07, 6.45) is 0.694. The Labute approximate surface area is 161 Å². The van der Waals surface area contributed by atoms with Crippen LogP contribution in [0.3, 0.4) is 0 Å². The van der Waals surface area contributed by atoms with E-state index in [4.69, 9.17) is 39.5 Å². The maximum absolute atomic E-state index is 12.8. The van der Waals surface area contributed by atoms with E-state index in [0.29, 0.717) is 25.3 Å². The van der Waals surface area contributed by atoms with Gasteiger partial charge in [0.25, 0.3) is 0 Å². The summed E-state index contributed by atoms with van der Waals surface area (Å²) in [6.45, 7) is 2.96. The first kappa shape index (κ1) is 18.6. The summed E-state index contributed by atoms with van der Waals surface area (Å²) in [4.78, 5) is 27.1. The van der Waals surface area contributed by atoms with Crippen LogP contribution in [0.1, 0.15) is 19.8 Å². The van der Waals surface area contributed by atoms with Gasteiger partial charge in [-0.05, 0) is 25.5 Å². The van der Waals surface area contributed by atoms with Crippen LogP contribution in [0.25, 0.3) is 0 Å². The largest absolute Gasteiger partial charge is 0.494 e. The number of ether oxygens (including phenoxy) is 1. The Bertz CT molecular complexity index is 712. The molecule has 2 aliphatic rings.